The molecule has 1 aliphatic carbocycles. The zero-order valence-corrected chi connectivity index (χ0v) is 15.7. The highest BCUT2D eigenvalue weighted by Gasteiger charge is 2.44. The van der Waals surface area contributed by atoms with E-state index >= 15 is 0 Å². The molecule has 0 unspecified atom stereocenters. The van der Waals surface area contributed by atoms with Gasteiger partial charge in [0.25, 0.3) is 12.0 Å². The summed E-state index contributed by atoms with van der Waals surface area (Å²) >= 11 is 0. The van der Waals surface area contributed by atoms with Crippen molar-refractivity contribution in [2.45, 2.75) is 51.7 Å². The third kappa shape index (κ3) is 4.20. The Morgan fingerprint density at radius 2 is 2.07 bits per heavy atom. The number of aromatic nitrogens is 2. The fraction of sp³-hybridized carbons (Fsp3) is 0.550. The molecule has 7 heteroatoms. The number of carboxylic acid groups (broad SMARTS) is 1. The summed E-state index contributed by atoms with van der Waals surface area (Å²) in [5.74, 6) is 0. The number of nitrogens with zero attached hydrogens (tertiary/aromatic N) is 3. The summed E-state index contributed by atoms with van der Waals surface area (Å²) in [5.41, 5.74) is 2.69. The van der Waals surface area contributed by atoms with Gasteiger partial charge in [0.05, 0.1) is 11.8 Å². The number of hydrogen-bond acceptors (Lipinski definition) is 5. The van der Waals surface area contributed by atoms with Crippen LogP contribution >= 0.6 is 0 Å². The van der Waals surface area contributed by atoms with Crippen LogP contribution in [0.5, 0.6) is 0 Å². The van der Waals surface area contributed by atoms with Gasteiger partial charge in [0, 0.05) is 30.8 Å². The average Bonchev–Trinajstić information content (AvgIpc) is 2.95. The maximum atomic E-state index is 12.3. The zero-order valence-electron chi connectivity index (χ0n) is 15.7. The van der Waals surface area contributed by atoms with E-state index in [4.69, 9.17) is 9.90 Å². The Hall–Kier alpha value is -2.25. The quantitative estimate of drug-likeness (QED) is 0.780. The summed E-state index contributed by atoms with van der Waals surface area (Å²) in [4.78, 5) is 27.7. The molecule has 2 N–H and O–H groups in total. The maximum absolute atomic E-state index is 12.3. The second kappa shape index (κ2) is 8.19. The molecule has 0 aromatic carbocycles. The first kappa shape index (κ1) is 19.5. The van der Waals surface area contributed by atoms with Crippen molar-refractivity contribution in [3.05, 3.63) is 46.0 Å². The lowest BCUT2D eigenvalue weighted by atomic mass is 9.76. The van der Waals surface area contributed by atoms with Gasteiger partial charge in [-0.2, -0.15) is 0 Å². The van der Waals surface area contributed by atoms with Crippen molar-refractivity contribution in [3.8, 4) is 0 Å². The van der Waals surface area contributed by atoms with Crippen molar-refractivity contribution >= 4 is 12.1 Å². The van der Waals surface area contributed by atoms with Gasteiger partial charge in [0.2, 0.25) is 0 Å². The van der Waals surface area contributed by atoms with E-state index in [2.05, 4.69) is 9.88 Å². The van der Waals surface area contributed by atoms with E-state index in [1.54, 1.807) is 16.7 Å². The Kier molecular flexibility index (Phi) is 5.92. The number of piperidine rings is 1. The topological polar surface area (TPSA) is 95.1 Å². The lowest BCUT2D eigenvalue weighted by Gasteiger charge is -2.42. The van der Waals surface area contributed by atoms with E-state index in [-0.39, 0.29) is 23.6 Å². The summed E-state index contributed by atoms with van der Waals surface area (Å²) in [5, 5.41) is 17.3. The second-order valence-electron chi connectivity index (χ2n) is 7.71. The first-order valence-corrected chi connectivity index (χ1v) is 9.45. The monoisotopic (exact) mass is 373 g/mol. The molecule has 0 amide bonds. The molecule has 1 spiro atoms. The molecule has 1 saturated heterocycles. The highest BCUT2D eigenvalue weighted by molar-refractivity contribution is 5.41. The fourth-order valence-electron chi connectivity index (χ4n) is 4.55. The predicted molar refractivity (Wildman–Crippen MR) is 102 cm³/mol. The molecule has 0 bridgehead atoms. The van der Waals surface area contributed by atoms with E-state index in [1.807, 2.05) is 19.1 Å². The van der Waals surface area contributed by atoms with Crippen molar-refractivity contribution in [2.75, 3.05) is 13.1 Å². The normalized spacial score (nSPS) is 25.3. The number of aliphatic hydroxyl groups is 1. The lowest BCUT2D eigenvalue weighted by molar-refractivity contribution is -0.122. The van der Waals surface area contributed by atoms with E-state index < -0.39 is 0 Å². The molecule has 4 rings (SSSR count). The maximum Gasteiger partial charge on any atom is 0.290 e. The molecule has 0 radical (unpaired) electrons. The summed E-state index contributed by atoms with van der Waals surface area (Å²) in [7, 11) is 0. The fourth-order valence-corrected chi connectivity index (χ4v) is 4.55. The Morgan fingerprint density at radius 3 is 2.78 bits per heavy atom. The van der Waals surface area contributed by atoms with Crippen molar-refractivity contribution in [2.24, 2.45) is 5.41 Å². The van der Waals surface area contributed by atoms with Gasteiger partial charge in [-0.05, 0) is 56.8 Å². The van der Waals surface area contributed by atoms with Crippen molar-refractivity contribution in [1.82, 2.24) is 14.3 Å². The van der Waals surface area contributed by atoms with Crippen LogP contribution in [0.15, 0.2) is 29.2 Å². The van der Waals surface area contributed by atoms with Crippen molar-refractivity contribution in [3.63, 3.8) is 0 Å². The van der Waals surface area contributed by atoms with Gasteiger partial charge in [0.1, 0.15) is 5.65 Å². The minimum atomic E-state index is -0.250. The second-order valence-corrected chi connectivity index (χ2v) is 7.71. The number of aryl methyl sites for hydroxylation is 1. The molecular formula is C20H27N3O4. The van der Waals surface area contributed by atoms with Crippen molar-refractivity contribution in [1.29, 1.82) is 0 Å². The molecule has 1 saturated carbocycles. The van der Waals surface area contributed by atoms with Gasteiger partial charge < -0.3 is 10.2 Å². The van der Waals surface area contributed by atoms with Crippen LogP contribution < -0.4 is 5.56 Å². The van der Waals surface area contributed by atoms with Crippen LogP contribution in [0.25, 0.3) is 5.65 Å². The minimum absolute atomic E-state index is 0.0253. The van der Waals surface area contributed by atoms with Gasteiger partial charge in [-0.25, -0.2) is 4.98 Å². The Morgan fingerprint density at radius 1 is 1.33 bits per heavy atom. The van der Waals surface area contributed by atoms with E-state index in [9.17, 15) is 9.90 Å². The van der Waals surface area contributed by atoms with E-state index in [0.717, 1.165) is 56.5 Å². The number of aliphatic hydroxyl groups excluding tert-OH is 1. The van der Waals surface area contributed by atoms with Crippen LogP contribution in [-0.2, 0) is 11.3 Å². The van der Waals surface area contributed by atoms with Crippen LogP contribution in [0.1, 0.15) is 43.4 Å². The Balaban J connectivity index is 0.000000659. The molecule has 2 aromatic heterocycles. The lowest BCUT2D eigenvalue weighted by Crippen LogP contribution is -2.46. The molecule has 2 aromatic rings. The minimum Gasteiger partial charge on any atom is -0.483 e. The van der Waals surface area contributed by atoms with Crippen molar-refractivity contribution < 1.29 is 15.0 Å². The van der Waals surface area contributed by atoms with Gasteiger partial charge in [-0.3, -0.25) is 18.9 Å². The molecule has 2 fully saturated rings. The van der Waals surface area contributed by atoms with E-state index in [0.29, 0.717) is 12.2 Å². The molecule has 2 atom stereocenters. The number of fused-ring (bicyclic) bond motifs is 1. The van der Waals surface area contributed by atoms with Crippen LogP contribution in [0, 0.1) is 12.3 Å². The van der Waals surface area contributed by atoms with E-state index in [1.165, 1.54) is 0 Å². The van der Waals surface area contributed by atoms with Crippen LogP contribution in [-0.4, -0.2) is 50.2 Å². The number of hydrogen-bond donors (Lipinski definition) is 2. The standard InChI is InChI=1S/C19H25N3O2.CH2O2/c1-14-5-9-22-17(10-14)20-15(11-18(22)24)12-21-8-3-7-19(13-21)6-2-4-16(19)23;2-1-3/h5,9-11,16,23H,2-4,6-8,12-13H2,1H3;1H,(H,2,3)/t16-,19-;/m1./s1. The Labute approximate surface area is 158 Å². The van der Waals surface area contributed by atoms with Gasteiger partial charge >= 0.3 is 0 Å². The summed E-state index contributed by atoms with van der Waals surface area (Å²) in [6.07, 6.45) is 7.04. The summed E-state index contributed by atoms with van der Waals surface area (Å²) in [6.45, 7) is 4.38. The van der Waals surface area contributed by atoms with Gasteiger partial charge in [-0.1, -0.05) is 6.42 Å². The molecule has 146 valence electrons. The Bertz CT molecular complexity index is 866. The van der Waals surface area contributed by atoms with Crippen LogP contribution in [0.3, 0.4) is 0 Å². The third-order valence-corrected chi connectivity index (χ3v) is 5.81. The number of pyridine rings is 1. The highest BCUT2D eigenvalue weighted by atomic mass is 16.3. The smallest absolute Gasteiger partial charge is 0.290 e. The number of likely N-dealkylation sites (tertiary alicyclic amines) is 1. The SMILES string of the molecule is Cc1ccn2c(=O)cc(CN3CCC[C@]4(CCC[C@H]4O)C3)nc2c1.O=CO. The number of rotatable bonds is 2. The molecule has 27 heavy (non-hydrogen) atoms. The number of carbonyl (C=O) groups is 1. The third-order valence-electron chi connectivity index (χ3n) is 5.81. The largest absolute Gasteiger partial charge is 0.483 e. The average molecular weight is 373 g/mol. The summed E-state index contributed by atoms with van der Waals surface area (Å²) in [6, 6.07) is 5.52. The molecular weight excluding hydrogens is 346 g/mol. The molecule has 2 aliphatic rings. The molecule has 3 heterocycles. The molecule has 1 aliphatic heterocycles. The molecule has 7 nitrogen and oxygen atoms in total. The predicted octanol–water partition coefficient (Wildman–Crippen LogP) is 1.83. The highest BCUT2D eigenvalue weighted by Crippen LogP contribution is 2.45. The van der Waals surface area contributed by atoms with Gasteiger partial charge in [0.15, 0.2) is 0 Å². The first-order chi connectivity index (χ1) is 13.0. The summed E-state index contributed by atoms with van der Waals surface area (Å²) < 4.78 is 1.59. The first-order valence-electron chi connectivity index (χ1n) is 9.45. The zero-order chi connectivity index (χ0) is 19.4. The van der Waals surface area contributed by atoms with Gasteiger partial charge in [-0.15, -0.1) is 0 Å². The van der Waals surface area contributed by atoms with Crippen LogP contribution in [0.4, 0.5) is 0 Å². The van der Waals surface area contributed by atoms with Crippen LogP contribution in [0.2, 0.25) is 0 Å².